The Kier molecular flexibility index (Phi) is 8.50. The molecule has 0 aromatic heterocycles. The fourth-order valence-corrected chi connectivity index (χ4v) is 5.01. The zero-order valence-corrected chi connectivity index (χ0v) is 23.5. The van der Waals surface area contributed by atoms with Crippen LogP contribution in [-0.2, 0) is 15.6 Å². The minimum Gasteiger partial charge on any atom is -0.482 e. The molecule has 0 aliphatic rings. The second kappa shape index (κ2) is 11.6. The van der Waals surface area contributed by atoms with Gasteiger partial charge in [-0.05, 0) is 47.5 Å². The lowest BCUT2D eigenvalue weighted by atomic mass is 9.71. The van der Waals surface area contributed by atoms with E-state index >= 15 is 0 Å². The summed E-state index contributed by atoms with van der Waals surface area (Å²) < 4.78 is 13.0. The average molecular weight is 548 g/mol. The maximum absolute atomic E-state index is 14.7. The van der Waals surface area contributed by atoms with Gasteiger partial charge >= 0.3 is 0 Å². The van der Waals surface area contributed by atoms with Gasteiger partial charge in [0.2, 0.25) is 5.78 Å². The predicted octanol–water partition coefficient (Wildman–Crippen LogP) is 8.71. The summed E-state index contributed by atoms with van der Waals surface area (Å²) in [6.45, 7) is 8.06. The van der Waals surface area contributed by atoms with Crippen molar-refractivity contribution in [3.63, 3.8) is 0 Å². The van der Waals surface area contributed by atoms with E-state index in [0.717, 1.165) is 11.1 Å². The Morgan fingerprint density at radius 2 is 0.947 bits per heavy atom. The van der Waals surface area contributed by atoms with E-state index in [1.165, 1.54) is 0 Å². The topological polar surface area (TPSA) is 35.5 Å². The number of carbonyl (C=O) groups excluding carboxylic acids is 1. The Morgan fingerprint density at radius 3 is 1.29 bits per heavy atom. The summed E-state index contributed by atoms with van der Waals surface area (Å²) in [7, 11) is 0. The van der Waals surface area contributed by atoms with Gasteiger partial charge in [0.1, 0.15) is 11.5 Å². The number of rotatable bonds is 10. The fraction of sp³-hybridized carbons (Fsp3) is 0.242. The second-order valence-electron chi connectivity index (χ2n) is 10.5. The maximum atomic E-state index is 14.7. The number of hydrogen-bond acceptors (Lipinski definition) is 3. The molecule has 38 heavy (non-hydrogen) atoms. The van der Waals surface area contributed by atoms with Crippen LogP contribution in [0.15, 0.2) is 109 Å². The van der Waals surface area contributed by atoms with E-state index in [9.17, 15) is 4.79 Å². The van der Waals surface area contributed by atoms with Gasteiger partial charge in [-0.25, -0.2) is 0 Å². The van der Waals surface area contributed by atoms with Crippen molar-refractivity contribution in [3.05, 3.63) is 130 Å². The summed E-state index contributed by atoms with van der Waals surface area (Å²) in [5.74, 6) is 0.838. The lowest BCUT2D eigenvalue weighted by molar-refractivity contribution is -0.138. The molecule has 0 aliphatic carbocycles. The minimum absolute atomic E-state index is 0.187. The quantitative estimate of drug-likeness (QED) is 0.199. The van der Waals surface area contributed by atoms with Crippen LogP contribution in [0, 0.1) is 0 Å². The first-order chi connectivity index (χ1) is 18.1. The van der Waals surface area contributed by atoms with Gasteiger partial charge in [0.05, 0.1) is 0 Å². The van der Waals surface area contributed by atoms with Crippen molar-refractivity contribution < 1.29 is 14.3 Å². The van der Waals surface area contributed by atoms with Crippen molar-refractivity contribution in [3.8, 4) is 11.5 Å². The molecule has 2 unspecified atom stereocenters. The van der Waals surface area contributed by atoms with Crippen molar-refractivity contribution in [2.24, 2.45) is 0 Å². The molecule has 0 bridgehead atoms. The molecule has 0 spiro atoms. The maximum Gasteiger partial charge on any atom is 0.215 e. The van der Waals surface area contributed by atoms with Crippen LogP contribution in [0.5, 0.6) is 11.5 Å². The molecule has 0 heterocycles. The van der Waals surface area contributed by atoms with Crippen LogP contribution in [0.25, 0.3) is 0 Å². The van der Waals surface area contributed by atoms with E-state index in [1.807, 2.05) is 113 Å². The predicted molar refractivity (Wildman–Crippen MR) is 156 cm³/mol. The van der Waals surface area contributed by atoms with Crippen molar-refractivity contribution in [2.45, 2.75) is 50.7 Å². The number of ketones is 1. The highest BCUT2D eigenvalue weighted by Gasteiger charge is 2.48. The summed E-state index contributed by atoms with van der Waals surface area (Å²) in [5.41, 5.74) is 0.533. The summed E-state index contributed by atoms with van der Waals surface area (Å²) >= 11 is 12.5. The zero-order chi connectivity index (χ0) is 27.3. The van der Waals surface area contributed by atoms with Crippen LogP contribution in [0.4, 0.5) is 0 Å². The molecule has 3 nitrogen and oxygen atoms in total. The molecule has 0 saturated heterocycles. The molecule has 0 N–H and O–H groups in total. The minimum atomic E-state index is -0.893. The Hall–Kier alpha value is -3.27. The van der Waals surface area contributed by atoms with Crippen LogP contribution in [0.2, 0.25) is 10.0 Å². The van der Waals surface area contributed by atoms with Gasteiger partial charge in [0.15, 0.2) is 12.2 Å². The van der Waals surface area contributed by atoms with Gasteiger partial charge in [-0.2, -0.15) is 0 Å². The highest BCUT2D eigenvalue weighted by Crippen LogP contribution is 2.37. The number of ether oxygens (including phenoxy) is 2. The molecule has 4 rings (SSSR count). The molecule has 2 atom stereocenters. The Balaban J connectivity index is 1.83. The smallest absolute Gasteiger partial charge is 0.215 e. The Bertz CT molecular complexity index is 1260. The standard InChI is InChI=1S/C33H32Cl2O3/c1-32(2,23-13-7-5-8-14-23)30(37-27-19-11-17-25(34)21-27)29(36)31(38-28-20-12-18-26(35)22-28)33(3,4)24-15-9-6-10-16-24/h5-22,30-31H,1-4H3. The first-order valence-corrected chi connectivity index (χ1v) is 13.3. The van der Waals surface area contributed by atoms with E-state index in [0.29, 0.717) is 21.5 Å². The molecule has 0 saturated carbocycles. The van der Waals surface area contributed by atoms with E-state index in [4.69, 9.17) is 32.7 Å². The van der Waals surface area contributed by atoms with Crippen LogP contribution < -0.4 is 9.47 Å². The van der Waals surface area contributed by atoms with E-state index in [-0.39, 0.29) is 5.78 Å². The molecule has 4 aromatic rings. The fourth-order valence-electron chi connectivity index (χ4n) is 4.65. The number of benzene rings is 4. The first-order valence-electron chi connectivity index (χ1n) is 12.6. The highest BCUT2D eigenvalue weighted by atomic mass is 35.5. The van der Waals surface area contributed by atoms with Crippen LogP contribution in [0.1, 0.15) is 38.8 Å². The van der Waals surface area contributed by atoms with Crippen molar-refractivity contribution in [2.75, 3.05) is 0 Å². The number of Topliss-reactive ketones (excluding diaryl/α,β-unsaturated/α-hetero) is 1. The van der Waals surface area contributed by atoms with Gasteiger partial charge in [-0.1, -0.05) is 124 Å². The molecule has 0 radical (unpaired) electrons. The molecule has 5 heteroatoms. The number of halogens is 2. The van der Waals surface area contributed by atoms with E-state index in [1.54, 1.807) is 24.3 Å². The Morgan fingerprint density at radius 1 is 0.579 bits per heavy atom. The third-order valence-electron chi connectivity index (χ3n) is 6.96. The van der Waals surface area contributed by atoms with Gasteiger partial charge in [0, 0.05) is 20.9 Å². The number of hydrogen-bond donors (Lipinski definition) is 0. The monoisotopic (exact) mass is 546 g/mol. The third kappa shape index (κ3) is 6.23. The number of carbonyl (C=O) groups is 1. The summed E-state index contributed by atoms with van der Waals surface area (Å²) in [5, 5.41) is 1.06. The zero-order valence-electron chi connectivity index (χ0n) is 22.0. The van der Waals surface area contributed by atoms with Crippen molar-refractivity contribution >= 4 is 29.0 Å². The summed E-state index contributed by atoms with van der Waals surface area (Å²) in [6, 6.07) is 34.0. The van der Waals surface area contributed by atoms with Crippen LogP contribution in [-0.4, -0.2) is 18.0 Å². The SMILES string of the molecule is CC(C)(c1ccccc1)C(Oc1cccc(Cl)c1)C(=O)C(Oc1cccc(Cl)c1)C(C)(C)c1ccccc1. The molecule has 0 amide bonds. The second-order valence-corrected chi connectivity index (χ2v) is 11.4. The highest BCUT2D eigenvalue weighted by molar-refractivity contribution is 6.31. The van der Waals surface area contributed by atoms with E-state index < -0.39 is 23.0 Å². The summed E-state index contributed by atoms with van der Waals surface area (Å²) in [4.78, 5) is 14.7. The average Bonchev–Trinajstić information content (AvgIpc) is 2.91. The normalized spacial score (nSPS) is 13.4. The Labute approximate surface area is 235 Å². The molecule has 196 valence electrons. The van der Waals surface area contributed by atoms with Crippen molar-refractivity contribution in [1.29, 1.82) is 0 Å². The van der Waals surface area contributed by atoms with Gasteiger partial charge in [-0.3, -0.25) is 4.79 Å². The third-order valence-corrected chi connectivity index (χ3v) is 7.43. The molecule has 0 aliphatic heterocycles. The first kappa shape index (κ1) is 27.8. The molecule has 4 aromatic carbocycles. The van der Waals surface area contributed by atoms with Crippen LogP contribution in [0.3, 0.4) is 0 Å². The van der Waals surface area contributed by atoms with Gasteiger partial charge < -0.3 is 9.47 Å². The lowest BCUT2D eigenvalue weighted by Crippen LogP contribution is -2.55. The van der Waals surface area contributed by atoms with Gasteiger partial charge in [0.25, 0.3) is 0 Å². The van der Waals surface area contributed by atoms with Crippen LogP contribution >= 0.6 is 23.2 Å². The van der Waals surface area contributed by atoms with Gasteiger partial charge in [-0.15, -0.1) is 0 Å². The largest absolute Gasteiger partial charge is 0.482 e. The van der Waals surface area contributed by atoms with Crippen molar-refractivity contribution in [1.82, 2.24) is 0 Å². The lowest BCUT2D eigenvalue weighted by Gasteiger charge is -2.40. The molecular weight excluding hydrogens is 515 g/mol. The van der Waals surface area contributed by atoms with E-state index in [2.05, 4.69) is 0 Å². The molecule has 0 fully saturated rings. The molecular formula is C33H32Cl2O3. The summed E-state index contributed by atoms with van der Waals surface area (Å²) in [6.07, 6.45) is -1.79.